The molecule has 2 atom stereocenters. The largest absolute Gasteiger partial charge is 0.396 e. The van der Waals surface area contributed by atoms with E-state index in [2.05, 4.69) is 44.5 Å². The Morgan fingerprint density at radius 3 is 2.37 bits per heavy atom. The van der Waals surface area contributed by atoms with Gasteiger partial charge >= 0.3 is 0 Å². The van der Waals surface area contributed by atoms with Crippen LogP contribution in [0.3, 0.4) is 0 Å². The van der Waals surface area contributed by atoms with E-state index in [9.17, 15) is 5.11 Å². The van der Waals surface area contributed by atoms with Crippen LogP contribution in [0.25, 0.3) is 0 Å². The van der Waals surface area contributed by atoms with Crippen molar-refractivity contribution >= 4 is 35.0 Å². The van der Waals surface area contributed by atoms with Crippen molar-refractivity contribution in [1.82, 2.24) is 15.0 Å². The summed E-state index contributed by atoms with van der Waals surface area (Å²) < 4.78 is 0. The van der Waals surface area contributed by atoms with Crippen molar-refractivity contribution in [3.05, 3.63) is 28.9 Å². The number of hydrogen-bond donors (Lipinski definition) is 1. The molecule has 3 saturated heterocycles. The van der Waals surface area contributed by atoms with Crippen molar-refractivity contribution < 1.29 is 5.11 Å². The highest BCUT2D eigenvalue weighted by molar-refractivity contribution is 6.33. The van der Waals surface area contributed by atoms with Crippen molar-refractivity contribution in [1.29, 1.82) is 0 Å². The third kappa shape index (κ3) is 5.28. The lowest BCUT2D eigenvalue weighted by atomic mass is 10.1. The van der Waals surface area contributed by atoms with Crippen LogP contribution in [0, 0.1) is 0 Å². The summed E-state index contributed by atoms with van der Waals surface area (Å²) in [4.78, 5) is 24.3. The van der Waals surface area contributed by atoms with Crippen LogP contribution in [-0.4, -0.2) is 78.0 Å². The number of aliphatic hydroxyl groups excluding tert-OH is 1. The van der Waals surface area contributed by atoms with E-state index in [1.165, 1.54) is 32.1 Å². The standard InChI is InChI=1S/C26H38ClN7O/c1-19-7-6-11-34(19)26-29-23(31-9-4-3-5-10-31)16-24(30-26)33-13-12-32(18-20(33)2)25-22(27)15-21(8-14-35)17-28-25/h15-17,19-20,35H,3-14,18H2,1-2H3/t19-,20-/m1/s1. The Morgan fingerprint density at radius 1 is 0.886 bits per heavy atom. The van der Waals surface area contributed by atoms with Crippen LogP contribution < -0.4 is 19.6 Å². The first-order valence-electron chi connectivity index (χ1n) is 13.2. The number of halogens is 1. The molecule has 35 heavy (non-hydrogen) atoms. The highest BCUT2D eigenvalue weighted by Crippen LogP contribution is 2.32. The topological polar surface area (TPSA) is 71.9 Å². The number of piperidine rings is 1. The van der Waals surface area contributed by atoms with Gasteiger partial charge in [-0.1, -0.05) is 11.6 Å². The van der Waals surface area contributed by atoms with Gasteiger partial charge in [0.05, 0.1) is 5.02 Å². The van der Waals surface area contributed by atoms with E-state index in [1.807, 2.05) is 12.3 Å². The minimum atomic E-state index is 0.101. The van der Waals surface area contributed by atoms with E-state index in [0.29, 0.717) is 17.5 Å². The van der Waals surface area contributed by atoms with E-state index in [1.54, 1.807) is 0 Å². The molecular formula is C26H38ClN7O. The lowest BCUT2D eigenvalue weighted by molar-refractivity contribution is 0.299. The van der Waals surface area contributed by atoms with Crippen LogP contribution in [0.5, 0.6) is 0 Å². The smallest absolute Gasteiger partial charge is 0.229 e. The molecule has 3 aliphatic rings. The Balaban J connectivity index is 1.38. The third-order valence-electron chi connectivity index (χ3n) is 7.68. The second-order valence-corrected chi connectivity index (χ2v) is 10.6. The van der Waals surface area contributed by atoms with E-state index < -0.39 is 0 Å². The number of pyridine rings is 1. The molecule has 0 unspecified atom stereocenters. The van der Waals surface area contributed by atoms with Crippen LogP contribution in [0.15, 0.2) is 18.3 Å². The van der Waals surface area contributed by atoms with Gasteiger partial charge in [-0.25, -0.2) is 4.98 Å². The quantitative estimate of drug-likeness (QED) is 0.644. The first-order chi connectivity index (χ1) is 17.0. The molecule has 1 N–H and O–H groups in total. The predicted octanol–water partition coefficient (Wildman–Crippen LogP) is 3.75. The fourth-order valence-electron chi connectivity index (χ4n) is 5.66. The zero-order valence-corrected chi connectivity index (χ0v) is 21.8. The van der Waals surface area contributed by atoms with Gasteiger partial charge in [0.15, 0.2) is 0 Å². The van der Waals surface area contributed by atoms with Crippen molar-refractivity contribution in [2.45, 2.75) is 64.5 Å². The van der Waals surface area contributed by atoms with E-state index >= 15 is 0 Å². The normalized spacial score (nSPS) is 23.3. The molecule has 0 spiro atoms. The molecule has 9 heteroatoms. The van der Waals surface area contributed by atoms with Crippen LogP contribution in [-0.2, 0) is 6.42 Å². The maximum atomic E-state index is 9.20. The van der Waals surface area contributed by atoms with Crippen LogP contribution >= 0.6 is 11.6 Å². The summed E-state index contributed by atoms with van der Waals surface area (Å²) >= 11 is 6.58. The van der Waals surface area contributed by atoms with E-state index in [-0.39, 0.29) is 12.6 Å². The Morgan fingerprint density at radius 2 is 1.69 bits per heavy atom. The number of anilines is 4. The summed E-state index contributed by atoms with van der Waals surface area (Å²) in [5, 5.41) is 9.85. The second-order valence-electron chi connectivity index (χ2n) is 10.2. The number of nitrogens with zero attached hydrogens (tertiary/aromatic N) is 7. The number of aromatic nitrogens is 3. The minimum absolute atomic E-state index is 0.101. The summed E-state index contributed by atoms with van der Waals surface area (Å²) in [6.07, 6.45) is 8.57. The van der Waals surface area contributed by atoms with Gasteiger partial charge in [-0.05, 0) is 64.0 Å². The maximum absolute atomic E-state index is 9.20. The molecule has 0 radical (unpaired) electrons. The third-order valence-corrected chi connectivity index (χ3v) is 7.96. The minimum Gasteiger partial charge on any atom is -0.396 e. The van der Waals surface area contributed by atoms with Gasteiger partial charge in [-0.2, -0.15) is 9.97 Å². The summed E-state index contributed by atoms with van der Waals surface area (Å²) in [5.41, 5.74) is 0.961. The molecule has 0 aromatic carbocycles. The molecule has 0 saturated carbocycles. The SMILES string of the molecule is C[C@@H]1CN(c2ncc(CCO)cc2Cl)CCN1c1cc(N2CCCCC2)nc(N2CCC[C@H]2C)n1. The van der Waals surface area contributed by atoms with Crippen molar-refractivity contribution in [3.63, 3.8) is 0 Å². The maximum Gasteiger partial charge on any atom is 0.229 e. The monoisotopic (exact) mass is 499 g/mol. The Hall–Kier alpha value is -2.32. The molecule has 3 aliphatic heterocycles. The van der Waals surface area contributed by atoms with Gasteiger partial charge in [-0.15, -0.1) is 0 Å². The number of piperazine rings is 1. The van der Waals surface area contributed by atoms with Gasteiger partial charge in [0, 0.05) is 70.2 Å². The average Bonchev–Trinajstić information content (AvgIpc) is 3.30. The molecule has 5 heterocycles. The van der Waals surface area contributed by atoms with Gasteiger partial charge in [0.25, 0.3) is 0 Å². The van der Waals surface area contributed by atoms with Crippen molar-refractivity contribution in [2.75, 3.05) is 65.5 Å². The molecule has 2 aromatic rings. The first kappa shape index (κ1) is 24.4. The molecule has 190 valence electrons. The molecule has 0 amide bonds. The van der Waals surface area contributed by atoms with Gasteiger partial charge in [0.2, 0.25) is 5.95 Å². The fourth-order valence-corrected chi connectivity index (χ4v) is 5.97. The molecule has 3 fully saturated rings. The fraction of sp³-hybridized carbons (Fsp3) is 0.654. The summed E-state index contributed by atoms with van der Waals surface area (Å²) in [7, 11) is 0. The molecule has 0 bridgehead atoms. The molecular weight excluding hydrogens is 462 g/mol. The van der Waals surface area contributed by atoms with Gasteiger partial charge in [0.1, 0.15) is 17.5 Å². The van der Waals surface area contributed by atoms with Crippen LogP contribution in [0.2, 0.25) is 5.02 Å². The highest BCUT2D eigenvalue weighted by atomic mass is 35.5. The highest BCUT2D eigenvalue weighted by Gasteiger charge is 2.30. The van der Waals surface area contributed by atoms with E-state index in [0.717, 1.165) is 68.2 Å². The zero-order chi connectivity index (χ0) is 24.4. The Bertz CT molecular complexity index is 1020. The Kier molecular flexibility index (Phi) is 7.48. The average molecular weight is 500 g/mol. The summed E-state index contributed by atoms with van der Waals surface area (Å²) in [5.74, 6) is 3.80. The Labute approximate surface area is 213 Å². The molecule has 5 rings (SSSR count). The number of rotatable bonds is 6. The van der Waals surface area contributed by atoms with Gasteiger partial charge < -0.3 is 24.7 Å². The molecule has 8 nitrogen and oxygen atoms in total. The molecule has 2 aromatic heterocycles. The number of aliphatic hydroxyl groups is 1. The molecule has 0 aliphatic carbocycles. The van der Waals surface area contributed by atoms with Crippen molar-refractivity contribution in [2.24, 2.45) is 0 Å². The lowest BCUT2D eigenvalue weighted by Crippen LogP contribution is -2.53. The van der Waals surface area contributed by atoms with Crippen molar-refractivity contribution in [3.8, 4) is 0 Å². The summed E-state index contributed by atoms with van der Waals surface area (Å²) in [6, 6.07) is 4.87. The van der Waals surface area contributed by atoms with Crippen LogP contribution in [0.1, 0.15) is 51.5 Å². The predicted molar refractivity (Wildman–Crippen MR) is 143 cm³/mol. The lowest BCUT2D eigenvalue weighted by Gasteiger charge is -2.42. The first-order valence-corrected chi connectivity index (χ1v) is 13.6. The van der Waals surface area contributed by atoms with Crippen LogP contribution in [0.4, 0.5) is 23.4 Å². The second kappa shape index (κ2) is 10.7. The summed E-state index contributed by atoms with van der Waals surface area (Å²) in [6.45, 7) is 10.3. The van der Waals surface area contributed by atoms with Gasteiger partial charge in [-0.3, -0.25) is 0 Å². The zero-order valence-electron chi connectivity index (χ0n) is 21.0. The van der Waals surface area contributed by atoms with E-state index in [4.69, 9.17) is 21.6 Å². The number of hydrogen-bond acceptors (Lipinski definition) is 8.